The summed E-state index contributed by atoms with van der Waals surface area (Å²) in [6.07, 6.45) is -6.13. The molecule has 8 fully saturated rings. The number of esters is 1. The zero-order valence-corrected chi connectivity index (χ0v) is 62.8. The Labute approximate surface area is 593 Å². The number of aromatic nitrogens is 8. The van der Waals surface area contributed by atoms with Crippen LogP contribution in [0.4, 0.5) is 0 Å². The van der Waals surface area contributed by atoms with Gasteiger partial charge in [0.1, 0.15) is 74.4 Å². The molecule has 38 nitrogen and oxygen atoms in total. The summed E-state index contributed by atoms with van der Waals surface area (Å²) in [6.45, 7) is 21.1. The van der Waals surface area contributed by atoms with Gasteiger partial charge in [-0.3, -0.25) is 112 Å². The van der Waals surface area contributed by atoms with E-state index in [1.54, 1.807) is 83.1 Å². The Morgan fingerprint density at radius 2 is 0.683 bits per heavy atom. The van der Waals surface area contributed by atoms with Crippen LogP contribution in [0.1, 0.15) is 115 Å². The van der Waals surface area contributed by atoms with Crippen molar-refractivity contribution in [3.8, 4) is 0 Å². The predicted octanol–water partition coefficient (Wildman–Crippen LogP) is 5.02. The van der Waals surface area contributed by atoms with Crippen molar-refractivity contribution >= 4 is 83.6 Å². The van der Waals surface area contributed by atoms with Crippen molar-refractivity contribution in [2.75, 3.05) is 26.4 Å². The van der Waals surface area contributed by atoms with E-state index in [0.29, 0.717) is 0 Å². The first kappa shape index (κ1) is 80.7. The quantitative estimate of drug-likeness (QED) is 0.0628. The van der Waals surface area contributed by atoms with Gasteiger partial charge in [0.2, 0.25) is 0 Å². The molecule has 4 aromatic heterocycles. The molecule has 8 aliphatic heterocycles. The van der Waals surface area contributed by atoms with Crippen molar-refractivity contribution in [3.63, 3.8) is 0 Å². The van der Waals surface area contributed by atoms with Crippen LogP contribution in [-0.2, 0) is 96.5 Å². The van der Waals surface area contributed by atoms with Gasteiger partial charge in [-0.25, -0.2) is 42.5 Å². The van der Waals surface area contributed by atoms with Gasteiger partial charge in [-0.1, -0.05) is 0 Å². The number of hydrogen-bond donors (Lipinski definition) is 5. The SMILES string of the molecule is CC(C)OC(=O)C(C)NP1(=O)OC[C@H]2O[C@@H](n3ccc(=O)[nH]c3=O)[C@](C)(Cl)[C@@H]2O1.CC(C)OP1(=O)OC[C@H]2O[C@@H](n3ccc(=O)[nH]c3=O)[C@](C)(Cl)[C@@H]2O1.CC(C)O[P@@]1(=O)OC[C@H]2O[C@@H](n3ccc(=O)[nH]c3=O)[C@](C)(Cl)[C@@H]2O1.CC(C)O[P@]1(=O)OC[C@H]2O[C@@H](n3ccc(=O)[nH]c3=O)[C@](C)(Cl)[C@@H]2O1. The van der Waals surface area contributed by atoms with Crippen LogP contribution in [0.15, 0.2) is 87.4 Å². The molecule has 564 valence electrons. The number of nitrogens with zero attached hydrogens (tertiary/aromatic N) is 4. The first-order chi connectivity index (χ1) is 46.8. The zero-order valence-electron chi connectivity index (χ0n) is 56.2. The van der Waals surface area contributed by atoms with Gasteiger partial charge >= 0.3 is 59.9 Å². The average molecular weight is 1590 g/mol. The Hall–Kier alpha value is -4.37. The van der Waals surface area contributed by atoms with Crippen LogP contribution in [0, 0.1) is 0 Å². The van der Waals surface area contributed by atoms with E-state index in [1.807, 2.05) is 0 Å². The number of carbonyl (C=O) groups is 1. The third-order valence-corrected chi connectivity index (χ3v) is 24.0. The number of ether oxygens (including phenoxy) is 5. The predicted molar refractivity (Wildman–Crippen MR) is 354 cm³/mol. The molecule has 12 heterocycles. The highest BCUT2D eigenvalue weighted by Crippen LogP contribution is 2.64. The second-order valence-electron chi connectivity index (χ2n) is 25.7. The average Bonchev–Trinajstić information content (AvgIpc) is 1.62. The smallest absolute Gasteiger partial charge is 0.462 e. The molecule has 8 saturated heterocycles. The number of alkyl halides is 4. The number of rotatable bonds is 14. The highest BCUT2D eigenvalue weighted by Gasteiger charge is 2.64. The fourth-order valence-electron chi connectivity index (χ4n) is 11.5. The number of halogens is 4. The maximum absolute atomic E-state index is 13.0. The van der Waals surface area contributed by atoms with Crippen molar-refractivity contribution in [1.82, 2.24) is 43.3 Å². The monoisotopic (exact) mass is 1590 g/mol. The Morgan fingerprint density at radius 1 is 0.436 bits per heavy atom. The molecule has 0 aromatic carbocycles. The minimum absolute atomic E-state index is 0.0500. The van der Waals surface area contributed by atoms with Gasteiger partial charge in [0.05, 0.1) is 50.8 Å². The maximum Gasteiger partial charge on any atom is 0.475 e. The molecule has 0 aliphatic carbocycles. The molecule has 0 radical (unpaired) electrons. The second-order valence-corrected chi connectivity index (χ2v) is 35.4. The fourth-order valence-corrected chi connectivity index (χ4v) is 19.8. The molecule has 0 amide bonds. The number of hydrogen-bond acceptors (Lipinski definition) is 29. The molecule has 5 N–H and O–H groups in total. The van der Waals surface area contributed by atoms with Crippen LogP contribution >= 0.6 is 77.6 Å². The van der Waals surface area contributed by atoms with Crippen molar-refractivity contribution in [1.29, 1.82) is 0 Å². The molecular weight excluding hydrogens is 1520 g/mol. The minimum Gasteiger partial charge on any atom is -0.462 e. The van der Waals surface area contributed by atoms with Gasteiger partial charge < -0.3 is 23.7 Å². The van der Waals surface area contributed by atoms with Gasteiger partial charge in [0, 0.05) is 49.1 Å². The summed E-state index contributed by atoms with van der Waals surface area (Å²) >= 11 is 26.4. The molecule has 46 heteroatoms. The van der Waals surface area contributed by atoms with Gasteiger partial charge in [-0.05, 0) is 90.0 Å². The topological polar surface area (TPSA) is 465 Å². The lowest BCUT2D eigenvalue weighted by atomic mass is 10.0. The van der Waals surface area contributed by atoms with Gasteiger partial charge in [-0.15, -0.1) is 46.4 Å². The van der Waals surface area contributed by atoms with E-state index in [2.05, 4.69) is 25.0 Å². The van der Waals surface area contributed by atoms with Crippen LogP contribution in [0.3, 0.4) is 0 Å². The molecule has 3 unspecified atom stereocenters. The maximum atomic E-state index is 13.0. The van der Waals surface area contributed by atoms with E-state index in [0.717, 1.165) is 24.3 Å². The van der Waals surface area contributed by atoms with Gasteiger partial charge in [0.15, 0.2) is 24.9 Å². The van der Waals surface area contributed by atoms with E-state index >= 15 is 0 Å². The first-order valence-electron chi connectivity index (χ1n) is 31.2. The summed E-state index contributed by atoms with van der Waals surface area (Å²) in [5.74, 6) is -0.612. The first-order valence-corrected chi connectivity index (χ1v) is 38.6. The minimum atomic E-state index is -3.92. The standard InChI is InChI=1S/C16H23ClN3O8P.3C13H18ClN2O7P/c1-8(2)26-13(22)9(3)19-29(24)25-7-10-12(28-29)16(4,17)14(27-10)20-6-5-11(21)18-15(20)23;3*1-7(2)22-24(19)20-6-8-10(23-24)13(3,14)11(21-8)16-5-4-9(17)15-12(16)18/h5-6,8-10,12,14H,7H2,1-4H3,(H,19,24)(H,18,21,23);3*4-5,7-8,10-11H,6H2,1-3H3,(H,15,17,18)/t9?,10-,12-,14-,16-,29?;8-,10-,11-,13-,24?;8-,10-,11-,13-,24+;8-,10-,11-,13-,24-/m1111/s1. The van der Waals surface area contributed by atoms with E-state index in [-0.39, 0.29) is 50.8 Å². The second kappa shape index (κ2) is 30.8. The highest BCUT2D eigenvalue weighted by molar-refractivity contribution is 7.51. The number of carbonyl (C=O) groups excluding carboxylic acids is 1. The molecular formula is C55H77Cl4N9O29P4. The zero-order chi connectivity index (χ0) is 74.7. The molecule has 0 spiro atoms. The summed E-state index contributed by atoms with van der Waals surface area (Å²) in [6, 6.07) is 3.75. The number of phosphoric ester groups is 3. The lowest BCUT2D eigenvalue weighted by Crippen LogP contribution is -2.47. The van der Waals surface area contributed by atoms with Crippen LogP contribution in [0.25, 0.3) is 0 Å². The number of aromatic amines is 4. The van der Waals surface area contributed by atoms with Gasteiger partial charge in [0.25, 0.3) is 22.2 Å². The van der Waals surface area contributed by atoms with Crippen molar-refractivity contribution in [2.24, 2.45) is 0 Å². The molecule has 0 bridgehead atoms. The van der Waals surface area contributed by atoms with Crippen LogP contribution < -0.4 is 50.1 Å². The van der Waals surface area contributed by atoms with Crippen LogP contribution in [-0.4, -0.2) is 169 Å². The third-order valence-electron chi connectivity index (χ3n) is 15.8. The third kappa shape index (κ3) is 18.0. The van der Waals surface area contributed by atoms with E-state index in [1.165, 1.54) is 49.9 Å². The normalized spacial score (nSPS) is 38.0. The lowest BCUT2D eigenvalue weighted by molar-refractivity contribution is -0.149. The molecule has 21 atom stereocenters. The Morgan fingerprint density at radius 3 is 0.921 bits per heavy atom. The van der Waals surface area contributed by atoms with Crippen LogP contribution in [0.5, 0.6) is 0 Å². The molecule has 8 aliphatic rings. The van der Waals surface area contributed by atoms with Crippen LogP contribution in [0.2, 0.25) is 0 Å². The van der Waals surface area contributed by atoms with E-state index in [9.17, 15) is 61.4 Å². The lowest BCUT2D eigenvalue weighted by Gasteiger charge is -2.36. The number of nitrogens with one attached hydrogen (secondary N) is 5. The number of fused-ring (bicyclic) bond motifs is 4. The van der Waals surface area contributed by atoms with E-state index < -0.39 is 181 Å². The molecule has 101 heavy (non-hydrogen) atoms. The largest absolute Gasteiger partial charge is 0.475 e. The summed E-state index contributed by atoms with van der Waals surface area (Å²) in [7, 11) is -15.2. The Balaban J connectivity index is 0.000000157. The van der Waals surface area contributed by atoms with Crippen molar-refractivity contribution < 1.29 is 96.5 Å². The summed E-state index contributed by atoms with van der Waals surface area (Å²) in [5.41, 5.74) is -4.86. The summed E-state index contributed by atoms with van der Waals surface area (Å²) in [4.78, 5) is 109. The number of H-pyrrole nitrogens is 4. The fraction of sp³-hybridized carbons (Fsp3) is 0.691. The number of phosphoric acid groups is 3. The Kier molecular flexibility index (Phi) is 24.6. The van der Waals surface area contributed by atoms with E-state index in [4.69, 9.17) is 120 Å². The molecule has 4 aromatic rings. The van der Waals surface area contributed by atoms with Crippen molar-refractivity contribution in [3.05, 3.63) is 132 Å². The summed E-state index contributed by atoms with van der Waals surface area (Å²) < 4.78 is 142. The Bertz CT molecular complexity index is 4090. The summed E-state index contributed by atoms with van der Waals surface area (Å²) in [5, 5.41) is 2.53. The molecule has 12 rings (SSSR count). The molecule has 0 saturated carbocycles. The van der Waals surface area contributed by atoms with Gasteiger partial charge in [-0.2, -0.15) is 0 Å². The van der Waals surface area contributed by atoms with Crippen molar-refractivity contribution in [2.45, 2.75) is 214 Å². The highest BCUT2D eigenvalue weighted by atomic mass is 35.5.